The lowest BCUT2D eigenvalue weighted by atomic mass is 10.1. The molecule has 1 aromatic heterocycles. The average Bonchev–Trinajstić information content (AvgIpc) is 2.18. The Balaban J connectivity index is 3.24. The lowest BCUT2D eigenvalue weighted by molar-refractivity contribution is 0.147. The molecule has 3 nitrogen and oxygen atoms in total. The third-order valence-corrected chi connectivity index (χ3v) is 2.39. The Hall–Kier alpha value is -1.22. The van der Waals surface area contributed by atoms with Crippen molar-refractivity contribution in [2.75, 3.05) is 5.73 Å². The van der Waals surface area contributed by atoms with Crippen LogP contribution >= 0.6 is 15.9 Å². The van der Waals surface area contributed by atoms with E-state index in [0.717, 1.165) is 0 Å². The summed E-state index contributed by atoms with van der Waals surface area (Å²) >= 11 is 3.13. The first-order chi connectivity index (χ1) is 7.10. The molecule has 0 aliphatic heterocycles. The molecule has 15 heavy (non-hydrogen) atoms. The summed E-state index contributed by atoms with van der Waals surface area (Å²) in [5.74, 6) is 0. The molecular weight excluding hydrogens is 268 g/mol. The molecule has 0 radical (unpaired) electrons. The molecule has 6 heteroatoms. The zero-order valence-electron chi connectivity index (χ0n) is 7.67. The molecule has 0 aliphatic rings. The minimum atomic E-state index is -2.70. The van der Waals surface area contributed by atoms with E-state index in [-0.39, 0.29) is 12.1 Å². The van der Waals surface area contributed by atoms with Crippen molar-refractivity contribution in [2.45, 2.75) is 18.2 Å². The van der Waals surface area contributed by atoms with E-state index in [1.165, 1.54) is 6.07 Å². The third kappa shape index (κ3) is 2.63. The Morgan fingerprint density at radius 1 is 1.60 bits per heavy atom. The minimum absolute atomic E-state index is 0.0695. The van der Waals surface area contributed by atoms with Crippen LogP contribution in [-0.4, -0.2) is 4.98 Å². The summed E-state index contributed by atoms with van der Waals surface area (Å²) in [7, 11) is 0. The van der Waals surface area contributed by atoms with Gasteiger partial charge in [0.2, 0.25) is 0 Å². The molecule has 0 fully saturated rings. The fourth-order valence-electron chi connectivity index (χ4n) is 1.16. The molecule has 1 aromatic rings. The van der Waals surface area contributed by atoms with E-state index in [1.807, 2.05) is 6.07 Å². The van der Waals surface area contributed by atoms with Crippen molar-refractivity contribution < 1.29 is 8.78 Å². The fourth-order valence-corrected chi connectivity index (χ4v) is 1.64. The zero-order valence-corrected chi connectivity index (χ0v) is 9.26. The number of anilines is 1. The molecule has 1 heterocycles. The quantitative estimate of drug-likeness (QED) is 0.863. The van der Waals surface area contributed by atoms with Crippen LogP contribution in [-0.2, 0) is 11.8 Å². The number of pyridine rings is 1. The second-order valence-corrected chi connectivity index (χ2v) is 3.40. The Morgan fingerprint density at radius 3 is 2.73 bits per heavy atom. The number of hydrogen-bond acceptors (Lipinski definition) is 3. The molecule has 0 aromatic carbocycles. The topological polar surface area (TPSA) is 62.7 Å². The Kier molecular flexibility index (Phi) is 3.97. The second kappa shape index (κ2) is 5.03. The molecule has 0 spiro atoms. The van der Waals surface area contributed by atoms with Crippen molar-refractivity contribution in [1.29, 1.82) is 5.26 Å². The number of rotatable bonds is 3. The Bertz CT molecular complexity index is 401. The number of halogens is 3. The summed E-state index contributed by atoms with van der Waals surface area (Å²) in [4.78, 5) is 3.74. The van der Waals surface area contributed by atoms with E-state index < -0.39 is 12.1 Å². The van der Waals surface area contributed by atoms with Gasteiger partial charge in [-0.05, 0) is 11.6 Å². The largest absolute Gasteiger partial charge is 0.397 e. The summed E-state index contributed by atoms with van der Waals surface area (Å²) in [5.41, 5.74) is 5.93. The summed E-state index contributed by atoms with van der Waals surface area (Å²) in [6.45, 7) is 0. The van der Waals surface area contributed by atoms with Crippen LogP contribution in [0.3, 0.4) is 0 Å². The van der Waals surface area contributed by atoms with Crippen molar-refractivity contribution in [1.82, 2.24) is 4.98 Å². The van der Waals surface area contributed by atoms with Crippen molar-refractivity contribution in [2.24, 2.45) is 0 Å². The smallest absolute Gasteiger partial charge is 0.282 e. The molecule has 0 atom stereocenters. The van der Waals surface area contributed by atoms with Crippen LogP contribution in [0.25, 0.3) is 0 Å². The van der Waals surface area contributed by atoms with E-state index in [1.54, 1.807) is 0 Å². The first-order valence-corrected chi connectivity index (χ1v) is 5.21. The predicted molar refractivity (Wildman–Crippen MR) is 55.6 cm³/mol. The van der Waals surface area contributed by atoms with Gasteiger partial charge in [-0.15, -0.1) is 0 Å². The zero-order chi connectivity index (χ0) is 11.4. The Labute approximate surface area is 94.0 Å². The van der Waals surface area contributed by atoms with Gasteiger partial charge >= 0.3 is 0 Å². The van der Waals surface area contributed by atoms with Crippen LogP contribution < -0.4 is 5.73 Å². The van der Waals surface area contributed by atoms with Crippen LogP contribution in [0.2, 0.25) is 0 Å². The number of nitrogen functional groups attached to an aromatic ring is 1. The normalized spacial score (nSPS) is 10.3. The van der Waals surface area contributed by atoms with Crippen molar-refractivity contribution >= 4 is 21.6 Å². The van der Waals surface area contributed by atoms with Gasteiger partial charge in [-0.2, -0.15) is 5.26 Å². The highest BCUT2D eigenvalue weighted by atomic mass is 79.9. The first-order valence-electron chi connectivity index (χ1n) is 4.09. The second-order valence-electron chi connectivity index (χ2n) is 2.84. The van der Waals surface area contributed by atoms with Gasteiger partial charge in [0.05, 0.1) is 23.9 Å². The molecule has 0 saturated carbocycles. The van der Waals surface area contributed by atoms with Crippen LogP contribution in [0, 0.1) is 11.3 Å². The van der Waals surface area contributed by atoms with Crippen LogP contribution in [0.1, 0.15) is 23.4 Å². The lowest BCUT2D eigenvalue weighted by Gasteiger charge is -2.09. The molecule has 2 N–H and O–H groups in total. The van der Waals surface area contributed by atoms with Gasteiger partial charge in [-0.25, -0.2) is 13.8 Å². The maximum atomic E-state index is 12.4. The summed E-state index contributed by atoms with van der Waals surface area (Å²) < 4.78 is 24.9. The van der Waals surface area contributed by atoms with Crippen molar-refractivity contribution in [3.8, 4) is 6.07 Å². The van der Waals surface area contributed by atoms with E-state index >= 15 is 0 Å². The molecule has 0 aliphatic carbocycles. The highest BCUT2D eigenvalue weighted by molar-refractivity contribution is 9.08. The number of nitriles is 1. The summed E-state index contributed by atoms with van der Waals surface area (Å²) in [6.07, 6.45) is -2.58. The van der Waals surface area contributed by atoms with Gasteiger partial charge in [0.15, 0.2) is 0 Å². The molecule has 80 valence electrons. The third-order valence-electron chi connectivity index (χ3n) is 1.85. The van der Waals surface area contributed by atoms with Crippen LogP contribution in [0.4, 0.5) is 14.5 Å². The van der Waals surface area contributed by atoms with Gasteiger partial charge in [0, 0.05) is 5.33 Å². The van der Waals surface area contributed by atoms with E-state index in [0.29, 0.717) is 16.6 Å². The average molecular weight is 276 g/mol. The van der Waals surface area contributed by atoms with E-state index in [9.17, 15) is 8.78 Å². The molecule has 0 amide bonds. The Morgan fingerprint density at radius 2 is 2.27 bits per heavy atom. The number of hydrogen-bond donors (Lipinski definition) is 1. The van der Waals surface area contributed by atoms with Crippen molar-refractivity contribution in [3.63, 3.8) is 0 Å². The summed E-state index contributed by atoms with van der Waals surface area (Å²) in [5, 5.41) is 8.85. The number of nitrogens with zero attached hydrogens (tertiary/aromatic N) is 2. The maximum absolute atomic E-state index is 12.4. The van der Waals surface area contributed by atoms with E-state index in [2.05, 4.69) is 20.9 Å². The van der Waals surface area contributed by atoms with E-state index in [4.69, 9.17) is 11.0 Å². The monoisotopic (exact) mass is 275 g/mol. The number of alkyl halides is 3. The van der Waals surface area contributed by atoms with Gasteiger partial charge in [-0.3, -0.25) is 0 Å². The SMILES string of the molecule is N#CCc1cc(N)c(C(F)F)nc1CBr. The minimum Gasteiger partial charge on any atom is -0.397 e. The molecule has 1 rings (SSSR count). The number of aromatic nitrogens is 1. The molecule has 0 saturated heterocycles. The van der Waals surface area contributed by atoms with Crippen LogP contribution in [0.5, 0.6) is 0 Å². The van der Waals surface area contributed by atoms with Gasteiger partial charge in [0.1, 0.15) is 5.69 Å². The van der Waals surface area contributed by atoms with Crippen molar-refractivity contribution in [3.05, 3.63) is 23.0 Å². The molecular formula is C9H8BrF2N3. The standard InChI is InChI=1S/C9H8BrF2N3/c10-4-7-5(1-2-13)3-6(14)8(15-7)9(11)12/h3,9H,1,4,14H2. The van der Waals surface area contributed by atoms with Gasteiger partial charge in [-0.1, -0.05) is 15.9 Å². The highest BCUT2D eigenvalue weighted by Crippen LogP contribution is 2.26. The fraction of sp³-hybridized carbons (Fsp3) is 0.333. The van der Waals surface area contributed by atoms with Gasteiger partial charge in [0.25, 0.3) is 6.43 Å². The summed E-state index contributed by atoms with van der Waals surface area (Å²) in [6, 6.07) is 3.31. The number of nitrogens with two attached hydrogens (primary N) is 1. The highest BCUT2D eigenvalue weighted by Gasteiger charge is 2.16. The lowest BCUT2D eigenvalue weighted by Crippen LogP contribution is -2.05. The first kappa shape index (κ1) is 11.9. The maximum Gasteiger partial charge on any atom is 0.282 e. The van der Waals surface area contributed by atoms with Crippen LogP contribution in [0.15, 0.2) is 6.07 Å². The molecule has 0 unspecified atom stereocenters. The van der Waals surface area contributed by atoms with Gasteiger partial charge < -0.3 is 5.73 Å². The molecule has 0 bridgehead atoms. The predicted octanol–water partition coefficient (Wildman–Crippen LogP) is 2.56.